The number of ether oxygens (including phenoxy) is 1. The number of hydrogen-bond donors (Lipinski definition) is 1. The molecule has 0 aliphatic carbocycles. The van der Waals surface area contributed by atoms with Gasteiger partial charge in [0.1, 0.15) is 0 Å². The Kier molecular flexibility index (Phi) is 6.37. The van der Waals surface area contributed by atoms with Crippen LogP contribution in [0.1, 0.15) is 29.3 Å². The largest absolute Gasteiger partial charge is 0.379 e. The van der Waals surface area contributed by atoms with Gasteiger partial charge >= 0.3 is 0 Å². The maximum Gasteiger partial charge on any atom is 0.254 e. The molecule has 1 saturated heterocycles. The number of rotatable bonds is 5. The van der Waals surface area contributed by atoms with Crippen LogP contribution in [0.4, 0.5) is 0 Å². The number of sulfonamides is 1. The molecule has 1 aliphatic heterocycles. The van der Waals surface area contributed by atoms with Gasteiger partial charge in [-0.3, -0.25) is 4.79 Å². The van der Waals surface area contributed by atoms with Gasteiger partial charge in [-0.1, -0.05) is 17.7 Å². The van der Waals surface area contributed by atoms with Gasteiger partial charge in [0.25, 0.3) is 5.91 Å². The molecule has 1 aromatic carbocycles. The van der Waals surface area contributed by atoms with Gasteiger partial charge < -0.3 is 9.64 Å². The fourth-order valence-electron chi connectivity index (χ4n) is 2.98. The molecule has 0 unspecified atom stereocenters. The lowest BCUT2D eigenvalue weighted by Crippen LogP contribution is -2.44. The normalized spacial score (nSPS) is 22.2. The average Bonchev–Trinajstić information content (AvgIpc) is 2.68. The Hall–Kier alpha value is -1.44. The van der Waals surface area contributed by atoms with Crippen LogP contribution in [0.15, 0.2) is 24.3 Å². The second-order valence-corrected chi connectivity index (χ2v) is 8.23. The van der Waals surface area contributed by atoms with Gasteiger partial charge in [0.2, 0.25) is 10.0 Å². The van der Waals surface area contributed by atoms with Gasteiger partial charge in [0.15, 0.2) is 0 Å². The average molecular weight is 354 g/mol. The highest BCUT2D eigenvalue weighted by atomic mass is 32.2. The van der Waals surface area contributed by atoms with Crippen molar-refractivity contribution < 1.29 is 17.9 Å². The van der Waals surface area contributed by atoms with Gasteiger partial charge in [-0.15, -0.1) is 0 Å². The first-order valence-electron chi connectivity index (χ1n) is 8.18. The maximum absolute atomic E-state index is 12.9. The van der Waals surface area contributed by atoms with E-state index in [1.54, 1.807) is 0 Å². The van der Waals surface area contributed by atoms with E-state index in [1.807, 2.05) is 43.0 Å². The van der Waals surface area contributed by atoms with E-state index >= 15 is 0 Å². The van der Waals surface area contributed by atoms with Gasteiger partial charge in [0, 0.05) is 30.6 Å². The van der Waals surface area contributed by atoms with E-state index < -0.39 is 10.0 Å². The molecule has 1 heterocycles. The molecule has 1 aliphatic rings. The second kappa shape index (κ2) is 8.09. The SMILES string of the molecule is Cc1cccc(C(=O)N2CCOC[C@@H](CCNS(C)(=O)=O)[C@@H]2C)c1. The van der Waals surface area contributed by atoms with E-state index in [-0.39, 0.29) is 17.9 Å². The molecule has 7 heteroatoms. The number of nitrogens with zero attached hydrogens (tertiary/aromatic N) is 1. The standard InChI is InChI=1S/C17H26N2O4S/c1-13-5-4-6-15(11-13)17(20)19-9-10-23-12-16(14(19)2)7-8-18-24(3,21)22/h4-6,11,14,16,18H,7-10,12H2,1-3H3/t14-,16+/m0/s1. The molecule has 1 amide bonds. The van der Waals surface area contributed by atoms with E-state index in [0.29, 0.717) is 38.3 Å². The maximum atomic E-state index is 12.9. The molecule has 2 rings (SSSR count). The third-order valence-corrected chi connectivity index (χ3v) is 5.12. The van der Waals surface area contributed by atoms with Gasteiger partial charge in [-0.25, -0.2) is 13.1 Å². The molecular weight excluding hydrogens is 328 g/mol. The fourth-order valence-corrected chi connectivity index (χ4v) is 3.47. The Morgan fingerprint density at radius 3 is 2.83 bits per heavy atom. The van der Waals surface area contributed by atoms with E-state index in [1.165, 1.54) is 0 Å². The first-order chi connectivity index (χ1) is 11.3. The second-order valence-electron chi connectivity index (χ2n) is 6.40. The first-order valence-corrected chi connectivity index (χ1v) is 10.1. The summed E-state index contributed by atoms with van der Waals surface area (Å²) in [6.45, 7) is 5.90. The van der Waals surface area contributed by atoms with E-state index in [2.05, 4.69) is 4.72 Å². The molecule has 0 aromatic heterocycles. The van der Waals surface area contributed by atoms with Gasteiger partial charge in [0.05, 0.1) is 19.5 Å². The summed E-state index contributed by atoms with van der Waals surface area (Å²) in [5.74, 6) is 0.0910. The summed E-state index contributed by atoms with van der Waals surface area (Å²) in [4.78, 5) is 14.7. The van der Waals surface area contributed by atoms with E-state index in [9.17, 15) is 13.2 Å². The Morgan fingerprint density at radius 1 is 1.42 bits per heavy atom. The van der Waals surface area contributed by atoms with Crippen LogP contribution < -0.4 is 4.72 Å². The highest BCUT2D eigenvalue weighted by Crippen LogP contribution is 2.21. The Labute approximate surface area is 144 Å². The summed E-state index contributed by atoms with van der Waals surface area (Å²) >= 11 is 0. The number of hydrogen-bond acceptors (Lipinski definition) is 4. The van der Waals surface area contributed by atoms with Crippen LogP contribution in [0.5, 0.6) is 0 Å². The van der Waals surface area contributed by atoms with Crippen molar-refractivity contribution in [2.24, 2.45) is 5.92 Å². The third kappa shape index (κ3) is 5.29. The van der Waals surface area contributed by atoms with Crippen LogP contribution in [0.25, 0.3) is 0 Å². The van der Waals surface area contributed by atoms with Crippen LogP contribution in [-0.4, -0.2) is 57.8 Å². The number of carbonyl (C=O) groups excluding carboxylic acids is 1. The molecule has 1 fully saturated rings. The molecule has 1 aromatic rings. The van der Waals surface area contributed by atoms with Crippen LogP contribution in [0.2, 0.25) is 0 Å². The van der Waals surface area contributed by atoms with Gasteiger partial charge in [-0.05, 0) is 32.4 Å². The van der Waals surface area contributed by atoms with Crippen molar-refractivity contribution in [3.8, 4) is 0 Å². The van der Waals surface area contributed by atoms with Crippen molar-refractivity contribution in [2.45, 2.75) is 26.3 Å². The monoisotopic (exact) mass is 354 g/mol. The topological polar surface area (TPSA) is 75.7 Å². The zero-order valence-electron chi connectivity index (χ0n) is 14.5. The highest BCUT2D eigenvalue weighted by molar-refractivity contribution is 7.88. The molecule has 134 valence electrons. The predicted molar refractivity (Wildman–Crippen MR) is 93.5 cm³/mol. The summed E-state index contributed by atoms with van der Waals surface area (Å²) in [6.07, 6.45) is 1.78. The quantitative estimate of drug-likeness (QED) is 0.867. The Morgan fingerprint density at radius 2 is 2.17 bits per heavy atom. The predicted octanol–water partition coefficient (Wildman–Crippen LogP) is 1.41. The molecule has 24 heavy (non-hydrogen) atoms. The minimum absolute atomic E-state index is 0.00206. The molecule has 0 bridgehead atoms. The van der Waals surface area contributed by atoms with Crippen LogP contribution in [0, 0.1) is 12.8 Å². The van der Waals surface area contributed by atoms with Crippen LogP contribution in [0.3, 0.4) is 0 Å². The summed E-state index contributed by atoms with van der Waals surface area (Å²) in [5.41, 5.74) is 1.73. The number of aryl methyl sites for hydroxylation is 1. The summed E-state index contributed by atoms with van der Waals surface area (Å²) in [5, 5.41) is 0. The zero-order valence-corrected chi connectivity index (χ0v) is 15.3. The van der Waals surface area contributed by atoms with E-state index in [4.69, 9.17) is 4.74 Å². The van der Waals surface area contributed by atoms with Crippen molar-refractivity contribution in [3.63, 3.8) is 0 Å². The highest BCUT2D eigenvalue weighted by Gasteiger charge is 2.30. The lowest BCUT2D eigenvalue weighted by molar-refractivity contribution is 0.0658. The number of amides is 1. The van der Waals surface area contributed by atoms with Crippen LogP contribution >= 0.6 is 0 Å². The number of nitrogens with one attached hydrogen (secondary N) is 1. The van der Waals surface area contributed by atoms with Gasteiger partial charge in [-0.2, -0.15) is 0 Å². The van der Waals surface area contributed by atoms with Crippen molar-refractivity contribution in [2.75, 3.05) is 32.6 Å². The lowest BCUT2D eigenvalue weighted by atomic mass is 9.96. The number of carbonyl (C=O) groups is 1. The minimum atomic E-state index is -3.20. The summed E-state index contributed by atoms with van der Waals surface area (Å²) in [7, 11) is -3.20. The zero-order chi connectivity index (χ0) is 17.7. The van der Waals surface area contributed by atoms with E-state index in [0.717, 1.165) is 11.8 Å². The Balaban J connectivity index is 2.07. The van der Waals surface area contributed by atoms with Crippen LogP contribution in [-0.2, 0) is 14.8 Å². The van der Waals surface area contributed by atoms with Crippen molar-refractivity contribution in [1.29, 1.82) is 0 Å². The molecule has 0 saturated carbocycles. The summed E-state index contributed by atoms with van der Waals surface area (Å²) in [6, 6.07) is 7.55. The molecule has 6 nitrogen and oxygen atoms in total. The molecule has 0 radical (unpaired) electrons. The molecular formula is C17H26N2O4S. The Bertz CT molecular complexity index is 675. The third-order valence-electron chi connectivity index (χ3n) is 4.39. The molecule has 1 N–H and O–H groups in total. The molecule has 0 spiro atoms. The minimum Gasteiger partial charge on any atom is -0.379 e. The molecule has 2 atom stereocenters. The number of benzene rings is 1. The lowest BCUT2D eigenvalue weighted by Gasteiger charge is -2.31. The van der Waals surface area contributed by atoms with Crippen molar-refractivity contribution >= 4 is 15.9 Å². The first kappa shape index (κ1) is 18.9. The smallest absolute Gasteiger partial charge is 0.254 e. The van der Waals surface area contributed by atoms with Crippen molar-refractivity contribution in [3.05, 3.63) is 35.4 Å². The fraction of sp³-hybridized carbons (Fsp3) is 0.588. The summed E-state index contributed by atoms with van der Waals surface area (Å²) < 4.78 is 30.5. The van der Waals surface area contributed by atoms with Crippen molar-refractivity contribution in [1.82, 2.24) is 9.62 Å².